The first kappa shape index (κ1) is 18.6. The lowest BCUT2D eigenvalue weighted by atomic mass is 9.86. The van der Waals surface area contributed by atoms with E-state index in [1.165, 1.54) is 11.3 Å². The maximum absolute atomic E-state index is 12.8. The molecule has 6 nitrogen and oxygen atoms in total. The minimum absolute atomic E-state index is 0.00693. The zero-order chi connectivity index (χ0) is 19.7. The summed E-state index contributed by atoms with van der Waals surface area (Å²) in [6, 6.07) is 10.6. The number of hydrogen-bond acceptors (Lipinski definition) is 4. The van der Waals surface area contributed by atoms with Crippen molar-refractivity contribution >= 4 is 17.6 Å². The molecule has 1 saturated carbocycles. The highest BCUT2D eigenvalue weighted by Gasteiger charge is 2.30. The lowest BCUT2D eigenvalue weighted by Gasteiger charge is -2.27. The van der Waals surface area contributed by atoms with Gasteiger partial charge in [-0.3, -0.25) is 9.59 Å². The number of amides is 1. The minimum Gasteiger partial charge on any atom is -0.481 e. The van der Waals surface area contributed by atoms with Crippen LogP contribution in [0.3, 0.4) is 0 Å². The van der Waals surface area contributed by atoms with E-state index < -0.39 is 5.97 Å². The number of benzene rings is 1. The fourth-order valence-corrected chi connectivity index (χ4v) is 4.45. The van der Waals surface area contributed by atoms with Crippen LogP contribution in [0.1, 0.15) is 54.3 Å². The molecule has 1 amide bonds. The van der Waals surface area contributed by atoms with Gasteiger partial charge in [0.2, 0.25) is 0 Å². The van der Waals surface area contributed by atoms with Gasteiger partial charge in [0, 0.05) is 29.9 Å². The molecule has 2 heterocycles. The third-order valence-electron chi connectivity index (χ3n) is 6.05. The maximum Gasteiger partial charge on any atom is 0.306 e. The summed E-state index contributed by atoms with van der Waals surface area (Å²) >= 11 is 0. The Bertz CT molecular complexity index is 867. The Hall–Kier alpha value is -2.76. The number of para-hydroxylation sites is 1. The van der Waals surface area contributed by atoms with Crippen LogP contribution in [0, 0.1) is 5.92 Å². The minimum atomic E-state index is -0.738. The molecule has 1 aromatic heterocycles. The number of aliphatic carboxylic acids is 1. The van der Waals surface area contributed by atoms with Crippen molar-refractivity contribution in [3.63, 3.8) is 0 Å². The van der Waals surface area contributed by atoms with E-state index in [0.29, 0.717) is 44.0 Å². The Labute approximate surface area is 164 Å². The van der Waals surface area contributed by atoms with Crippen molar-refractivity contribution in [2.75, 3.05) is 4.90 Å². The molecule has 2 aliphatic rings. The van der Waals surface area contributed by atoms with Crippen molar-refractivity contribution in [3.05, 3.63) is 53.5 Å². The average molecular weight is 382 g/mol. The zero-order valence-corrected chi connectivity index (χ0v) is 16.1. The van der Waals surface area contributed by atoms with E-state index in [4.69, 9.17) is 9.52 Å². The SMILES string of the molecule is C[C@@H]1Cc2ccccc2N1Cc1ccoc1C(=O)NC1CCC(C(=O)O)CC1. The number of anilines is 1. The van der Waals surface area contributed by atoms with Crippen LogP contribution in [0.5, 0.6) is 0 Å². The lowest BCUT2D eigenvalue weighted by Crippen LogP contribution is -2.39. The third kappa shape index (κ3) is 3.63. The van der Waals surface area contributed by atoms with Gasteiger partial charge in [-0.25, -0.2) is 0 Å². The number of fused-ring (bicyclic) bond motifs is 1. The molecule has 6 heteroatoms. The molecule has 1 atom stereocenters. The number of carboxylic acid groups (broad SMARTS) is 1. The van der Waals surface area contributed by atoms with Gasteiger partial charge in [0.15, 0.2) is 5.76 Å². The first-order chi connectivity index (χ1) is 13.5. The first-order valence-corrected chi connectivity index (χ1v) is 9.97. The van der Waals surface area contributed by atoms with Crippen molar-refractivity contribution in [2.24, 2.45) is 5.92 Å². The smallest absolute Gasteiger partial charge is 0.306 e. The second-order valence-corrected chi connectivity index (χ2v) is 7.94. The van der Waals surface area contributed by atoms with E-state index in [0.717, 1.165) is 12.0 Å². The van der Waals surface area contributed by atoms with Crippen molar-refractivity contribution in [2.45, 2.75) is 57.7 Å². The lowest BCUT2D eigenvalue weighted by molar-refractivity contribution is -0.142. The fourth-order valence-electron chi connectivity index (χ4n) is 4.45. The van der Waals surface area contributed by atoms with E-state index in [2.05, 4.69) is 35.3 Å². The summed E-state index contributed by atoms with van der Waals surface area (Å²) in [7, 11) is 0. The fraction of sp³-hybridized carbons (Fsp3) is 0.455. The highest BCUT2D eigenvalue weighted by atomic mass is 16.4. The quantitative estimate of drug-likeness (QED) is 0.826. The van der Waals surface area contributed by atoms with Gasteiger partial charge in [0.25, 0.3) is 5.91 Å². The summed E-state index contributed by atoms with van der Waals surface area (Å²) in [5, 5.41) is 12.1. The van der Waals surface area contributed by atoms with Crippen LogP contribution < -0.4 is 10.2 Å². The molecule has 28 heavy (non-hydrogen) atoms. The average Bonchev–Trinajstić information content (AvgIpc) is 3.27. The molecular weight excluding hydrogens is 356 g/mol. The van der Waals surface area contributed by atoms with Crippen LogP contribution in [0.15, 0.2) is 41.0 Å². The highest BCUT2D eigenvalue weighted by molar-refractivity contribution is 5.93. The largest absolute Gasteiger partial charge is 0.481 e. The van der Waals surface area contributed by atoms with Gasteiger partial charge in [0.1, 0.15) is 0 Å². The Kier molecular flexibility index (Phi) is 5.11. The third-order valence-corrected chi connectivity index (χ3v) is 6.05. The van der Waals surface area contributed by atoms with Gasteiger partial charge in [-0.05, 0) is 56.7 Å². The van der Waals surface area contributed by atoms with E-state index in [-0.39, 0.29) is 17.9 Å². The van der Waals surface area contributed by atoms with Crippen LogP contribution in [0.2, 0.25) is 0 Å². The number of carbonyl (C=O) groups excluding carboxylic acids is 1. The van der Waals surface area contributed by atoms with E-state index >= 15 is 0 Å². The number of carboxylic acids is 1. The summed E-state index contributed by atoms with van der Waals surface area (Å²) in [4.78, 5) is 26.2. The predicted molar refractivity (Wildman–Crippen MR) is 105 cm³/mol. The number of rotatable bonds is 5. The van der Waals surface area contributed by atoms with Crippen LogP contribution in [0.4, 0.5) is 5.69 Å². The number of nitrogens with one attached hydrogen (secondary N) is 1. The molecule has 2 N–H and O–H groups in total. The molecule has 1 fully saturated rings. The monoisotopic (exact) mass is 382 g/mol. The molecule has 0 radical (unpaired) electrons. The molecular formula is C22H26N2O4. The summed E-state index contributed by atoms with van der Waals surface area (Å²) in [6.07, 6.45) is 5.16. The van der Waals surface area contributed by atoms with Crippen LogP contribution in [-0.2, 0) is 17.8 Å². The van der Waals surface area contributed by atoms with Gasteiger partial charge in [-0.2, -0.15) is 0 Å². The van der Waals surface area contributed by atoms with Gasteiger partial charge in [-0.1, -0.05) is 18.2 Å². The Morgan fingerprint density at radius 2 is 1.93 bits per heavy atom. The van der Waals surface area contributed by atoms with Gasteiger partial charge < -0.3 is 19.7 Å². The van der Waals surface area contributed by atoms with Crippen molar-refractivity contribution in [1.29, 1.82) is 0 Å². The molecule has 0 spiro atoms. The molecule has 1 aromatic carbocycles. The number of hydrogen-bond donors (Lipinski definition) is 2. The molecule has 2 aromatic rings. The second-order valence-electron chi connectivity index (χ2n) is 7.94. The molecule has 1 aliphatic heterocycles. The molecule has 0 saturated heterocycles. The van der Waals surface area contributed by atoms with Crippen molar-refractivity contribution in [3.8, 4) is 0 Å². The normalized spacial score (nSPS) is 24.0. The van der Waals surface area contributed by atoms with E-state index in [9.17, 15) is 9.59 Å². The summed E-state index contributed by atoms with van der Waals surface area (Å²) in [5.41, 5.74) is 3.43. The number of nitrogens with zero attached hydrogens (tertiary/aromatic N) is 1. The Morgan fingerprint density at radius 1 is 1.18 bits per heavy atom. The van der Waals surface area contributed by atoms with Crippen molar-refractivity contribution in [1.82, 2.24) is 5.32 Å². The molecule has 0 bridgehead atoms. The standard InChI is InChI=1S/C22H26N2O4/c1-14-12-16-4-2-3-5-19(16)24(14)13-17-10-11-28-20(17)21(25)23-18-8-6-15(7-9-18)22(26)27/h2-5,10-11,14-15,18H,6-9,12-13H2,1H3,(H,23,25)(H,26,27)/t14-,15?,18?/m1/s1. The Morgan fingerprint density at radius 3 is 2.68 bits per heavy atom. The predicted octanol–water partition coefficient (Wildman–Crippen LogP) is 3.60. The molecule has 1 aliphatic carbocycles. The topological polar surface area (TPSA) is 82.8 Å². The van der Waals surface area contributed by atoms with Crippen LogP contribution >= 0.6 is 0 Å². The highest BCUT2D eigenvalue weighted by Crippen LogP contribution is 2.33. The first-order valence-electron chi connectivity index (χ1n) is 9.97. The second kappa shape index (κ2) is 7.70. The van der Waals surface area contributed by atoms with Crippen LogP contribution in [0.25, 0.3) is 0 Å². The maximum atomic E-state index is 12.8. The zero-order valence-electron chi connectivity index (χ0n) is 16.1. The van der Waals surface area contributed by atoms with Gasteiger partial charge in [-0.15, -0.1) is 0 Å². The molecule has 148 valence electrons. The summed E-state index contributed by atoms with van der Waals surface area (Å²) in [6.45, 7) is 2.82. The van der Waals surface area contributed by atoms with Gasteiger partial charge in [0.05, 0.1) is 12.2 Å². The van der Waals surface area contributed by atoms with Crippen LogP contribution in [-0.4, -0.2) is 29.1 Å². The van der Waals surface area contributed by atoms with E-state index in [1.54, 1.807) is 6.26 Å². The molecule has 0 unspecified atom stereocenters. The Balaban J connectivity index is 1.42. The number of furan rings is 1. The van der Waals surface area contributed by atoms with E-state index in [1.807, 2.05) is 12.1 Å². The summed E-state index contributed by atoms with van der Waals surface area (Å²) in [5.74, 6) is -0.877. The van der Waals surface area contributed by atoms with Crippen molar-refractivity contribution < 1.29 is 19.1 Å². The molecule has 4 rings (SSSR count). The van der Waals surface area contributed by atoms with Gasteiger partial charge >= 0.3 is 5.97 Å². The summed E-state index contributed by atoms with van der Waals surface area (Å²) < 4.78 is 5.53. The number of carbonyl (C=O) groups is 2.